The van der Waals surface area contributed by atoms with Crippen LogP contribution in [0.3, 0.4) is 0 Å². The minimum Gasteiger partial charge on any atom is -0.466 e. The fourth-order valence-corrected chi connectivity index (χ4v) is 2.05. The summed E-state index contributed by atoms with van der Waals surface area (Å²) < 4.78 is 9.53. The molecule has 1 aromatic carbocycles. The van der Waals surface area contributed by atoms with E-state index in [1.165, 1.54) is 7.11 Å². The molecule has 0 aromatic heterocycles. The van der Waals surface area contributed by atoms with E-state index in [1.807, 2.05) is 51.1 Å². The summed E-state index contributed by atoms with van der Waals surface area (Å²) in [4.78, 5) is 34.8. The Morgan fingerprint density at radius 3 is 2.27 bits per heavy atom. The predicted molar refractivity (Wildman–Crippen MR) is 97.5 cm³/mol. The molecule has 1 atom stereocenters. The van der Waals surface area contributed by atoms with Gasteiger partial charge in [-0.2, -0.15) is 0 Å². The zero-order valence-electron chi connectivity index (χ0n) is 15.6. The van der Waals surface area contributed by atoms with Gasteiger partial charge in [0.15, 0.2) is 0 Å². The van der Waals surface area contributed by atoms with Crippen LogP contribution in [0.4, 0.5) is 4.79 Å². The van der Waals surface area contributed by atoms with Crippen LogP contribution < -0.4 is 10.6 Å². The molecular weight excluding hydrogens is 336 g/mol. The van der Waals surface area contributed by atoms with E-state index in [-0.39, 0.29) is 18.2 Å². The van der Waals surface area contributed by atoms with Crippen molar-refractivity contribution >= 4 is 18.0 Å². The Hall–Kier alpha value is -2.83. The molecule has 0 aliphatic carbocycles. The molecule has 1 rings (SSSR count). The van der Waals surface area contributed by atoms with Gasteiger partial charge in [-0.1, -0.05) is 30.3 Å². The highest BCUT2D eigenvalue weighted by atomic mass is 16.5. The number of esters is 2. The van der Waals surface area contributed by atoms with Crippen LogP contribution in [0.1, 0.15) is 26.3 Å². The maximum absolute atomic E-state index is 12.1. The van der Waals surface area contributed by atoms with E-state index in [1.54, 1.807) is 0 Å². The Bertz CT molecular complexity index is 635. The van der Waals surface area contributed by atoms with Crippen LogP contribution in [0.25, 0.3) is 0 Å². The third kappa shape index (κ3) is 9.46. The number of rotatable bonds is 7. The molecule has 0 unspecified atom stereocenters. The Morgan fingerprint density at radius 1 is 1.08 bits per heavy atom. The van der Waals surface area contributed by atoms with Crippen LogP contribution in [-0.2, 0) is 25.5 Å². The molecule has 7 heteroatoms. The van der Waals surface area contributed by atoms with Gasteiger partial charge in [0.2, 0.25) is 0 Å². The number of methoxy groups -OCH3 is 1. The van der Waals surface area contributed by atoms with Crippen LogP contribution in [-0.4, -0.2) is 43.3 Å². The van der Waals surface area contributed by atoms with Crippen molar-refractivity contribution in [2.75, 3.05) is 13.7 Å². The molecule has 0 fully saturated rings. The lowest BCUT2D eigenvalue weighted by molar-refractivity contribution is -0.139. The van der Waals surface area contributed by atoms with Crippen LogP contribution in [0.15, 0.2) is 42.5 Å². The molecule has 1 aromatic rings. The quantitative estimate of drug-likeness (QED) is 0.571. The molecule has 0 saturated carbocycles. The summed E-state index contributed by atoms with van der Waals surface area (Å²) in [6.45, 7) is 5.58. The number of carbonyl (C=O) groups is 3. The first kappa shape index (κ1) is 21.2. The number of hydrogen-bond donors (Lipinski definition) is 2. The molecule has 0 aliphatic rings. The maximum atomic E-state index is 12.1. The van der Waals surface area contributed by atoms with Gasteiger partial charge in [-0.15, -0.1) is 0 Å². The summed E-state index contributed by atoms with van der Waals surface area (Å²) in [5.74, 6) is -1.34. The molecule has 2 N–H and O–H groups in total. The van der Waals surface area contributed by atoms with Crippen LogP contribution in [0.2, 0.25) is 0 Å². The number of ether oxygens (including phenoxy) is 2. The van der Waals surface area contributed by atoms with Crippen molar-refractivity contribution in [2.24, 2.45) is 0 Å². The number of amides is 2. The van der Waals surface area contributed by atoms with Crippen molar-refractivity contribution in [3.05, 3.63) is 48.0 Å². The molecule has 7 nitrogen and oxygen atoms in total. The van der Waals surface area contributed by atoms with E-state index in [4.69, 9.17) is 4.74 Å². The Labute approximate surface area is 153 Å². The molecular formula is C19H26N2O5. The average Bonchev–Trinajstić information content (AvgIpc) is 2.56. The predicted octanol–water partition coefficient (Wildman–Crippen LogP) is 1.97. The highest BCUT2D eigenvalue weighted by Crippen LogP contribution is 2.05. The molecule has 0 spiro atoms. The van der Waals surface area contributed by atoms with Gasteiger partial charge < -0.3 is 20.1 Å². The van der Waals surface area contributed by atoms with E-state index in [9.17, 15) is 14.4 Å². The summed E-state index contributed by atoms with van der Waals surface area (Å²) in [6, 6.07) is 8.77. The minimum atomic E-state index is -0.688. The van der Waals surface area contributed by atoms with E-state index >= 15 is 0 Å². The Morgan fingerprint density at radius 2 is 1.69 bits per heavy atom. The summed E-state index contributed by atoms with van der Waals surface area (Å²) in [5.41, 5.74) is 0.608. The largest absolute Gasteiger partial charge is 0.466 e. The van der Waals surface area contributed by atoms with Gasteiger partial charge in [0, 0.05) is 17.7 Å². The normalized spacial score (nSPS) is 12.3. The number of benzene rings is 1. The van der Waals surface area contributed by atoms with E-state index < -0.39 is 18.0 Å². The third-order valence-electron chi connectivity index (χ3n) is 3.13. The van der Waals surface area contributed by atoms with Crippen LogP contribution in [0, 0.1) is 0 Å². The molecule has 142 valence electrons. The zero-order valence-corrected chi connectivity index (χ0v) is 15.6. The van der Waals surface area contributed by atoms with Crippen LogP contribution >= 0.6 is 0 Å². The van der Waals surface area contributed by atoms with Crippen molar-refractivity contribution in [1.29, 1.82) is 0 Å². The van der Waals surface area contributed by atoms with Crippen molar-refractivity contribution < 1.29 is 23.9 Å². The lowest BCUT2D eigenvalue weighted by Crippen LogP contribution is -2.51. The number of urea groups is 1. The van der Waals surface area contributed by atoms with Gasteiger partial charge in [0.1, 0.15) is 6.61 Å². The molecule has 0 saturated heterocycles. The lowest BCUT2D eigenvalue weighted by atomic mass is 10.1. The molecule has 0 aliphatic heterocycles. The Kier molecular flexibility index (Phi) is 8.34. The fourth-order valence-electron chi connectivity index (χ4n) is 2.05. The monoisotopic (exact) mass is 362 g/mol. The first-order valence-electron chi connectivity index (χ1n) is 8.25. The maximum Gasteiger partial charge on any atom is 0.331 e. The van der Waals surface area contributed by atoms with Gasteiger partial charge in [0.05, 0.1) is 13.2 Å². The second kappa shape index (κ2) is 10.2. The zero-order chi connectivity index (χ0) is 19.6. The Balaban J connectivity index is 2.68. The first-order valence-corrected chi connectivity index (χ1v) is 8.25. The standard InChI is InChI=1S/C19H26N2O5/c1-19(2,3)21-18(24)20-15(12-14-8-6-5-7-9-14)13-26-17(23)11-10-16(22)25-4/h5-11,15H,12-13H2,1-4H3,(H2,20,21,24)/b11-10+/t15-/m0/s1. The molecule has 0 radical (unpaired) electrons. The van der Waals surface area contributed by atoms with Crippen molar-refractivity contribution in [1.82, 2.24) is 10.6 Å². The van der Waals surface area contributed by atoms with Gasteiger partial charge in [-0.05, 0) is 32.8 Å². The first-order chi connectivity index (χ1) is 12.2. The van der Waals surface area contributed by atoms with Gasteiger partial charge in [-0.25, -0.2) is 14.4 Å². The highest BCUT2D eigenvalue weighted by molar-refractivity contribution is 5.91. The summed E-state index contributed by atoms with van der Waals surface area (Å²) in [6.07, 6.45) is 2.46. The molecule has 0 heterocycles. The van der Waals surface area contributed by atoms with Crippen molar-refractivity contribution in [2.45, 2.75) is 38.8 Å². The van der Waals surface area contributed by atoms with E-state index in [2.05, 4.69) is 15.4 Å². The van der Waals surface area contributed by atoms with Gasteiger partial charge in [0.25, 0.3) is 0 Å². The highest BCUT2D eigenvalue weighted by Gasteiger charge is 2.19. The summed E-state index contributed by atoms with van der Waals surface area (Å²) in [7, 11) is 1.21. The minimum absolute atomic E-state index is 0.0309. The van der Waals surface area contributed by atoms with Crippen molar-refractivity contribution in [3.8, 4) is 0 Å². The number of carbonyl (C=O) groups excluding carboxylic acids is 3. The van der Waals surface area contributed by atoms with E-state index in [0.29, 0.717) is 6.42 Å². The lowest BCUT2D eigenvalue weighted by Gasteiger charge is -2.24. The molecule has 26 heavy (non-hydrogen) atoms. The van der Waals surface area contributed by atoms with Crippen molar-refractivity contribution in [3.63, 3.8) is 0 Å². The number of nitrogens with one attached hydrogen (secondary N) is 2. The summed E-state index contributed by atoms with van der Waals surface area (Å²) in [5, 5.41) is 5.62. The fraction of sp³-hybridized carbons (Fsp3) is 0.421. The number of hydrogen-bond acceptors (Lipinski definition) is 5. The second-order valence-corrected chi connectivity index (χ2v) is 6.72. The second-order valence-electron chi connectivity index (χ2n) is 6.72. The smallest absolute Gasteiger partial charge is 0.331 e. The summed E-state index contributed by atoms with van der Waals surface area (Å²) >= 11 is 0. The molecule has 0 bridgehead atoms. The van der Waals surface area contributed by atoms with Crippen LogP contribution in [0.5, 0.6) is 0 Å². The van der Waals surface area contributed by atoms with Gasteiger partial charge in [-0.3, -0.25) is 0 Å². The SMILES string of the molecule is COC(=O)/C=C/C(=O)OC[C@H](Cc1ccccc1)NC(=O)NC(C)(C)C. The topological polar surface area (TPSA) is 93.7 Å². The van der Waals surface area contributed by atoms with Gasteiger partial charge >= 0.3 is 18.0 Å². The average molecular weight is 362 g/mol. The van der Waals surface area contributed by atoms with E-state index in [0.717, 1.165) is 17.7 Å². The molecule has 2 amide bonds. The third-order valence-corrected chi connectivity index (χ3v) is 3.13.